The molecule has 1 aliphatic rings. The first-order valence-corrected chi connectivity index (χ1v) is 7.81. The Morgan fingerprint density at radius 1 is 1.45 bits per heavy atom. The summed E-state index contributed by atoms with van der Waals surface area (Å²) in [5, 5.41) is 0.742. The zero-order valence-electron chi connectivity index (χ0n) is 12.4. The molecular formula is C16H25ClN2O. The largest absolute Gasteiger partial charge is 0.496 e. The fourth-order valence-electron chi connectivity index (χ4n) is 3.04. The van der Waals surface area contributed by atoms with Crippen LogP contribution < -0.4 is 10.5 Å². The highest BCUT2D eigenvalue weighted by atomic mass is 35.5. The molecule has 0 aliphatic carbocycles. The van der Waals surface area contributed by atoms with E-state index in [1.165, 1.54) is 25.8 Å². The molecule has 0 radical (unpaired) electrons. The van der Waals surface area contributed by atoms with Crippen molar-refractivity contribution in [1.82, 2.24) is 4.90 Å². The molecule has 2 rings (SSSR count). The van der Waals surface area contributed by atoms with Gasteiger partial charge in [0.15, 0.2) is 0 Å². The maximum Gasteiger partial charge on any atom is 0.122 e. The van der Waals surface area contributed by atoms with E-state index in [4.69, 9.17) is 22.1 Å². The molecule has 0 amide bonds. The molecule has 0 bridgehead atoms. The lowest BCUT2D eigenvalue weighted by Crippen LogP contribution is -2.41. The predicted octanol–water partition coefficient (Wildman–Crippen LogP) is 3.27. The second-order valence-corrected chi connectivity index (χ2v) is 6.10. The van der Waals surface area contributed by atoms with Crippen LogP contribution in [0, 0.1) is 0 Å². The van der Waals surface area contributed by atoms with Gasteiger partial charge < -0.3 is 15.4 Å². The quantitative estimate of drug-likeness (QED) is 0.906. The van der Waals surface area contributed by atoms with Crippen molar-refractivity contribution in [2.24, 2.45) is 5.73 Å². The molecule has 1 saturated heterocycles. The molecular weight excluding hydrogens is 272 g/mol. The third kappa shape index (κ3) is 3.66. The van der Waals surface area contributed by atoms with Crippen LogP contribution >= 0.6 is 11.6 Å². The average Bonchev–Trinajstić information content (AvgIpc) is 2.46. The average molecular weight is 297 g/mol. The number of methoxy groups -OCH3 is 1. The molecule has 0 spiro atoms. The Hall–Kier alpha value is -0.770. The van der Waals surface area contributed by atoms with Gasteiger partial charge in [0.2, 0.25) is 0 Å². The van der Waals surface area contributed by atoms with Gasteiger partial charge in [-0.15, -0.1) is 0 Å². The van der Waals surface area contributed by atoms with Crippen LogP contribution in [0.3, 0.4) is 0 Å². The highest BCUT2D eigenvalue weighted by molar-refractivity contribution is 6.30. The minimum Gasteiger partial charge on any atom is -0.496 e. The smallest absolute Gasteiger partial charge is 0.122 e. The summed E-state index contributed by atoms with van der Waals surface area (Å²) in [5.74, 6) is 1.15. The van der Waals surface area contributed by atoms with Crippen LogP contribution in [0.25, 0.3) is 0 Å². The van der Waals surface area contributed by atoms with Crippen molar-refractivity contribution in [3.05, 3.63) is 28.8 Å². The van der Waals surface area contributed by atoms with Gasteiger partial charge in [-0.3, -0.25) is 0 Å². The van der Waals surface area contributed by atoms with Crippen molar-refractivity contribution in [2.75, 3.05) is 26.7 Å². The maximum atomic E-state index is 6.14. The zero-order valence-corrected chi connectivity index (χ0v) is 13.2. The summed E-state index contributed by atoms with van der Waals surface area (Å²) >= 11 is 6.14. The molecule has 20 heavy (non-hydrogen) atoms. The molecule has 1 heterocycles. The van der Waals surface area contributed by atoms with E-state index in [-0.39, 0.29) is 5.92 Å². The van der Waals surface area contributed by atoms with E-state index in [1.54, 1.807) is 7.11 Å². The van der Waals surface area contributed by atoms with Crippen molar-refractivity contribution in [3.63, 3.8) is 0 Å². The standard InChI is InChI=1S/C16H25ClN2O/c1-12-5-3-4-8-19(12)11-13(10-18)15-9-14(17)6-7-16(15)20-2/h6-7,9,12-13H,3-5,8,10-11,18H2,1-2H3. The predicted molar refractivity (Wildman–Crippen MR) is 84.7 cm³/mol. The molecule has 1 aromatic rings. The highest BCUT2D eigenvalue weighted by Crippen LogP contribution is 2.31. The molecule has 1 aliphatic heterocycles. The first kappa shape index (κ1) is 15.6. The molecule has 0 saturated carbocycles. The van der Waals surface area contributed by atoms with Gasteiger partial charge in [-0.2, -0.15) is 0 Å². The number of likely N-dealkylation sites (tertiary alicyclic amines) is 1. The summed E-state index contributed by atoms with van der Waals surface area (Å²) in [6.45, 7) is 5.07. The van der Waals surface area contributed by atoms with Crippen molar-refractivity contribution in [1.29, 1.82) is 0 Å². The lowest BCUT2D eigenvalue weighted by atomic mass is 9.95. The third-order valence-electron chi connectivity index (χ3n) is 4.31. The minimum absolute atomic E-state index is 0.268. The van der Waals surface area contributed by atoms with Crippen LogP contribution in [0.1, 0.15) is 37.7 Å². The van der Waals surface area contributed by atoms with Crippen LogP contribution in [-0.2, 0) is 0 Å². The van der Waals surface area contributed by atoms with Gasteiger partial charge in [-0.1, -0.05) is 18.0 Å². The highest BCUT2D eigenvalue weighted by Gasteiger charge is 2.23. The summed E-state index contributed by atoms with van der Waals surface area (Å²) < 4.78 is 5.47. The summed E-state index contributed by atoms with van der Waals surface area (Å²) in [6, 6.07) is 6.43. The maximum absolute atomic E-state index is 6.14. The number of halogens is 1. The Bertz CT molecular complexity index is 438. The fourth-order valence-corrected chi connectivity index (χ4v) is 3.22. The van der Waals surface area contributed by atoms with E-state index >= 15 is 0 Å². The zero-order chi connectivity index (χ0) is 14.5. The lowest BCUT2D eigenvalue weighted by molar-refractivity contribution is 0.151. The van der Waals surface area contributed by atoms with Crippen molar-refractivity contribution in [2.45, 2.75) is 38.1 Å². The molecule has 0 aromatic heterocycles. The second kappa shape index (κ2) is 7.30. The van der Waals surface area contributed by atoms with Gasteiger partial charge in [0.1, 0.15) is 5.75 Å². The number of ether oxygens (including phenoxy) is 1. The molecule has 2 N–H and O–H groups in total. The molecule has 2 atom stereocenters. The number of benzene rings is 1. The van der Waals surface area contributed by atoms with Gasteiger partial charge in [0, 0.05) is 35.6 Å². The van der Waals surface area contributed by atoms with E-state index in [2.05, 4.69) is 11.8 Å². The Kier molecular flexibility index (Phi) is 5.70. The Morgan fingerprint density at radius 2 is 2.25 bits per heavy atom. The Balaban J connectivity index is 2.17. The van der Waals surface area contributed by atoms with Gasteiger partial charge in [0.25, 0.3) is 0 Å². The van der Waals surface area contributed by atoms with E-state index in [1.807, 2.05) is 18.2 Å². The summed E-state index contributed by atoms with van der Waals surface area (Å²) in [7, 11) is 1.70. The van der Waals surface area contributed by atoms with Crippen molar-refractivity contribution >= 4 is 11.6 Å². The minimum atomic E-state index is 0.268. The van der Waals surface area contributed by atoms with E-state index in [0.717, 1.165) is 22.9 Å². The summed E-state index contributed by atoms with van der Waals surface area (Å²) in [5.41, 5.74) is 7.14. The van der Waals surface area contributed by atoms with E-state index in [0.29, 0.717) is 12.6 Å². The molecule has 1 fully saturated rings. The molecule has 3 nitrogen and oxygen atoms in total. The number of rotatable bonds is 5. The van der Waals surface area contributed by atoms with Gasteiger partial charge in [-0.25, -0.2) is 0 Å². The molecule has 112 valence electrons. The van der Waals surface area contributed by atoms with Crippen molar-refractivity contribution in [3.8, 4) is 5.75 Å². The molecule has 1 aromatic carbocycles. The van der Waals surface area contributed by atoms with Gasteiger partial charge in [0.05, 0.1) is 7.11 Å². The summed E-state index contributed by atoms with van der Waals surface area (Å²) in [4.78, 5) is 2.54. The van der Waals surface area contributed by atoms with Crippen LogP contribution in [0.15, 0.2) is 18.2 Å². The van der Waals surface area contributed by atoms with Crippen LogP contribution in [0.2, 0.25) is 5.02 Å². The molecule has 4 heteroatoms. The van der Waals surface area contributed by atoms with E-state index < -0.39 is 0 Å². The van der Waals surface area contributed by atoms with Gasteiger partial charge in [-0.05, 0) is 44.5 Å². The van der Waals surface area contributed by atoms with E-state index in [9.17, 15) is 0 Å². The Morgan fingerprint density at radius 3 is 2.90 bits per heavy atom. The fraction of sp³-hybridized carbons (Fsp3) is 0.625. The number of nitrogens with zero attached hydrogens (tertiary/aromatic N) is 1. The SMILES string of the molecule is COc1ccc(Cl)cc1C(CN)CN1CCCCC1C. The summed E-state index contributed by atoms with van der Waals surface area (Å²) in [6.07, 6.45) is 3.91. The third-order valence-corrected chi connectivity index (χ3v) is 4.55. The number of nitrogens with two attached hydrogens (primary N) is 1. The topological polar surface area (TPSA) is 38.5 Å². The van der Waals surface area contributed by atoms with Gasteiger partial charge >= 0.3 is 0 Å². The number of piperidine rings is 1. The van der Waals surface area contributed by atoms with Crippen LogP contribution in [-0.4, -0.2) is 37.7 Å². The Labute approximate surface area is 127 Å². The second-order valence-electron chi connectivity index (χ2n) is 5.66. The first-order valence-electron chi connectivity index (χ1n) is 7.43. The number of hydrogen-bond donors (Lipinski definition) is 1. The normalized spacial score (nSPS) is 21.7. The monoisotopic (exact) mass is 296 g/mol. The van der Waals surface area contributed by atoms with Crippen LogP contribution in [0.5, 0.6) is 5.75 Å². The van der Waals surface area contributed by atoms with Crippen molar-refractivity contribution < 1.29 is 4.74 Å². The molecule has 2 unspecified atom stereocenters. The number of hydrogen-bond acceptors (Lipinski definition) is 3. The lowest BCUT2D eigenvalue weighted by Gasteiger charge is -2.36. The first-order chi connectivity index (χ1) is 9.65. The van der Waals surface area contributed by atoms with Crippen LogP contribution in [0.4, 0.5) is 0 Å².